The standard InChI is InChI=1S/2C6H12O3/c1-5(4-8-3)9-6(2)7;1-9-5-3-2-4-6(7)8/h5H,4H2,1-3H3;2-5H2,1H3,(H,7,8). The van der Waals surface area contributed by atoms with Crippen molar-refractivity contribution in [1.82, 2.24) is 0 Å². The van der Waals surface area contributed by atoms with Crippen molar-refractivity contribution in [2.45, 2.75) is 39.2 Å². The molecule has 0 aliphatic carbocycles. The third-order valence-corrected chi connectivity index (χ3v) is 1.76. The van der Waals surface area contributed by atoms with Crippen molar-refractivity contribution in [2.75, 3.05) is 27.4 Å². The summed E-state index contributed by atoms with van der Waals surface area (Å²) in [6.07, 6.45) is 1.67. The van der Waals surface area contributed by atoms with Crippen molar-refractivity contribution >= 4 is 11.9 Å². The number of carbonyl (C=O) groups excluding carboxylic acids is 1. The van der Waals surface area contributed by atoms with E-state index in [1.54, 1.807) is 21.1 Å². The minimum Gasteiger partial charge on any atom is -0.481 e. The third kappa shape index (κ3) is 20.3. The van der Waals surface area contributed by atoms with Crippen molar-refractivity contribution in [1.29, 1.82) is 0 Å². The van der Waals surface area contributed by atoms with E-state index in [1.807, 2.05) is 0 Å². The zero-order valence-corrected chi connectivity index (χ0v) is 11.6. The van der Waals surface area contributed by atoms with Crippen LogP contribution in [-0.4, -0.2) is 50.6 Å². The first-order chi connectivity index (χ1) is 8.43. The molecule has 1 N–H and O–H groups in total. The summed E-state index contributed by atoms with van der Waals surface area (Å²) in [7, 11) is 3.18. The monoisotopic (exact) mass is 264 g/mol. The van der Waals surface area contributed by atoms with Crippen LogP contribution in [0.3, 0.4) is 0 Å². The lowest BCUT2D eigenvalue weighted by Crippen LogP contribution is -2.17. The van der Waals surface area contributed by atoms with E-state index >= 15 is 0 Å². The van der Waals surface area contributed by atoms with Gasteiger partial charge in [0.25, 0.3) is 0 Å². The van der Waals surface area contributed by atoms with Gasteiger partial charge in [-0.25, -0.2) is 0 Å². The van der Waals surface area contributed by atoms with E-state index in [9.17, 15) is 9.59 Å². The summed E-state index contributed by atoms with van der Waals surface area (Å²) in [4.78, 5) is 20.2. The van der Waals surface area contributed by atoms with Crippen LogP contribution in [0.2, 0.25) is 0 Å². The summed E-state index contributed by atoms with van der Waals surface area (Å²) >= 11 is 0. The number of unbranched alkanes of at least 4 members (excludes halogenated alkanes) is 1. The van der Waals surface area contributed by atoms with Gasteiger partial charge < -0.3 is 19.3 Å². The van der Waals surface area contributed by atoms with Gasteiger partial charge >= 0.3 is 11.9 Å². The number of ether oxygens (including phenoxy) is 3. The largest absolute Gasteiger partial charge is 0.481 e. The second-order valence-electron chi connectivity index (χ2n) is 3.72. The van der Waals surface area contributed by atoms with Crippen LogP contribution in [0.4, 0.5) is 0 Å². The lowest BCUT2D eigenvalue weighted by molar-refractivity contribution is -0.147. The van der Waals surface area contributed by atoms with Gasteiger partial charge in [-0.05, 0) is 19.8 Å². The van der Waals surface area contributed by atoms with E-state index in [4.69, 9.17) is 19.3 Å². The molecule has 108 valence electrons. The Balaban J connectivity index is 0. The maximum atomic E-state index is 10.3. The SMILES string of the molecule is COCC(C)OC(C)=O.COCCCCC(=O)O. The highest BCUT2D eigenvalue weighted by atomic mass is 16.6. The Morgan fingerprint density at radius 2 is 1.78 bits per heavy atom. The minimum atomic E-state index is -0.730. The molecule has 0 saturated carbocycles. The number of methoxy groups -OCH3 is 2. The molecular weight excluding hydrogens is 240 g/mol. The predicted octanol–water partition coefficient (Wildman–Crippen LogP) is 1.47. The van der Waals surface area contributed by atoms with Gasteiger partial charge in [-0.3, -0.25) is 9.59 Å². The Bertz CT molecular complexity index is 217. The van der Waals surface area contributed by atoms with Gasteiger partial charge in [-0.1, -0.05) is 0 Å². The van der Waals surface area contributed by atoms with Crippen molar-refractivity contribution < 1.29 is 28.9 Å². The molecule has 18 heavy (non-hydrogen) atoms. The molecular formula is C12H24O6. The molecule has 1 atom stereocenters. The molecule has 0 aromatic heterocycles. The van der Waals surface area contributed by atoms with Crippen LogP contribution in [0.25, 0.3) is 0 Å². The van der Waals surface area contributed by atoms with Gasteiger partial charge in [0.05, 0.1) is 6.61 Å². The topological polar surface area (TPSA) is 82.1 Å². The highest BCUT2D eigenvalue weighted by Gasteiger charge is 2.02. The second-order valence-corrected chi connectivity index (χ2v) is 3.72. The zero-order chi connectivity index (χ0) is 14.4. The van der Waals surface area contributed by atoms with Crippen LogP contribution in [0.5, 0.6) is 0 Å². The first kappa shape index (κ1) is 19.2. The third-order valence-electron chi connectivity index (χ3n) is 1.76. The van der Waals surface area contributed by atoms with E-state index < -0.39 is 5.97 Å². The normalized spacial score (nSPS) is 11.1. The first-order valence-corrected chi connectivity index (χ1v) is 5.80. The number of hydrogen-bond donors (Lipinski definition) is 1. The van der Waals surface area contributed by atoms with E-state index in [0.717, 1.165) is 6.42 Å². The van der Waals surface area contributed by atoms with Crippen molar-refractivity contribution in [3.8, 4) is 0 Å². The van der Waals surface area contributed by atoms with Crippen LogP contribution in [0, 0.1) is 0 Å². The Morgan fingerprint density at radius 3 is 2.17 bits per heavy atom. The first-order valence-electron chi connectivity index (χ1n) is 5.80. The van der Waals surface area contributed by atoms with Crippen LogP contribution < -0.4 is 0 Å². The Kier molecular flexibility index (Phi) is 14.9. The zero-order valence-electron chi connectivity index (χ0n) is 11.6. The lowest BCUT2D eigenvalue weighted by atomic mass is 10.2. The number of aliphatic carboxylic acids is 1. The molecule has 0 bridgehead atoms. The highest BCUT2D eigenvalue weighted by Crippen LogP contribution is 1.94. The summed E-state index contributed by atoms with van der Waals surface area (Å²) in [5.41, 5.74) is 0. The number of carbonyl (C=O) groups is 2. The van der Waals surface area contributed by atoms with Gasteiger partial charge in [-0.2, -0.15) is 0 Å². The summed E-state index contributed by atoms with van der Waals surface area (Å²) in [5, 5.41) is 8.17. The Morgan fingerprint density at radius 1 is 1.17 bits per heavy atom. The number of esters is 1. The fraction of sp³-hybridized carbons (Fsp3) is 0.833. The number of carboxylic acids is 1. The molecule has 0 radical (unpaired) electrons. The molecule has 0 aromatic carbocycles. The van der Waals surface area contributed by atoms with Gasteiger partial charge in [0, 0.05) is 34.2 Å². The number of rotatable bonds is 8. The molecule has 6 heteroatoms. The second kappa shape index (κ2) is 13.9. The van der Waals surface area contributed by atoms with Gasteiger partial charge in [0.15, 0.2) is 0 Å². The average molecular weight is 264 g/mol. The van der Waals surface area contributed by atoms with Crippen LogP contribution in [0.1, 0.15) is 33.1 Å². The predicted molar refractivity (Wildman–Crippen MR) is 66.5 cm³/mol. The quantitative estimate of drug-likeness (QED) is 0.528. The summed E-state index contributed by atoms with van der Waals surface area (Å²) < 4.78 is 14.2. The molecule has 6 nitrogen and oxygen atoms in total. The van der Waals surface area contributed by atoms with Gasteiger partial charge in [0.1, 0.15) is 6.10 Å². The molecule has 1 unspecified atom stereocenters. The van der Waals surface area contributed by atoms with E-state index in [0.29, 0.717) is 19.6 Å². The maximum Gasteiger partial charge on any atom is 0.303 e. The van der Waals surface area contributed by atoms with Crippen molar-refractivity contribution in [2.24, 2.45) is 0 Å². The summed E-state index contributed by atoms with van der Waals surface area (Å²) in [6.45, 7) is 4.28. The molecule has 0 aromatic rings. The van der Waals surface area contributed by atoms with E-state index in [-0.39, 0.29) is 18.5 Å². The Hall–Kier alpha value is -1.14. The molecule has 0 heterocycles. The molecule has 0 aliphatic heterocycles. The average Bonchev–Trinajstić information content (AvgIpc) is 2.24. The molecule has 0 saturated heterocycles. The van der Waals surface area contributed by atoms with Crippen molar-refractivity contribution in [3.05, 3.63) is 0 Å². The number of hydrogen-bond acceptors (Lipinski definition) is 5. The number of carboxylic acid groups (broad SMARTS) is 1. The Labute approximate surface area is 108 Å². The van der Waals surface area contributed by atoms with E-state index in [1.165, 1.54) is 6.92 Å². The summed E-state index contributed by atoms with van der Waals surface area (Å²) in [6, 6.07) is 0. The van der Waals surface area contributed by atoms with Crippen LogP contribution in [-0.2, 0) is 23.8 Å². The fourth-order valence-electron chi connectivity index (χ4n) is 1.07. The van der Waals surface area contributed by atoms with Crippen LogP contribution in [0.15, 0.2) is 0 Å². The van der Waals surface area contributed by atoms with Crippen LogP contribution >= 0.6 is 0 Å². The van der Waals surface area contributed by atoms with E-state index in [2.05, 4.69) is 0 Å². The van der Waals surface area contributed by atoms with Gasteiger partial charge in [0.2, 0.25) is 0 Å². The summed E-state index contributed by atoms with van der Waals surface area (Å²) in [5.74, 6) is -0.995. The maximum absolute atomic E-state index is 10.3. The van der Waals surface area contributed by atoms with Crippen molar-refractivity contribution in [3.63, 3.8) is 0 Å². The fourth-order valence-corrected chi connectivity index (χ4v) is 1.07. The minimum absolute atomic E-state index is 0.132. The molecule has 0 amide bonds. The highest BCUT2D eigenvalue weighted by molar-refractivity contribution is 5.66. The smallest absolute Gasteiger partial charge is 0.303 e. The lowest BCUT2D eigenvalue weighted by Gasteiger charge is -2.08. The molecule has 0 aliphatic rings. The molecule has 0 rings (SSSR count). The molecule has 0 spiro atoms. The van der Waals surface area contributed by atoms with Gasteiger partial charge in [-0.15, -0.1) is 0 Å². The molecule has 0 fully saturated rings.